The predicted molar refractivity (Wildman–Crippen MR) is 99.6 cm³/mol. The van der Waals surface area contributed by atoms with Crippen LogP contribution in [-0.4, -0.2) is 50.4 Å². The molecule has 3 heterocycles. The number of nitrogens with zero attached hydrogens (tertiary/aromatic N) is 3. The average molecular weight is 410 g/mol. The minimum absolute atomic E-state index is 0.108. The molecule has 1 N–H and O–H groups in total. The lowest BCUT2D eigenvalue weighted by Crippen LogP contribution is -2.48. The van der Waals surface area contributed by atoms with Crippen LogP contribution in [0.4, 0.5) is 4.79 Å². The monoisotopic (exact) mass is 409 g/mol. The van der Waals surface area contributed by atoms with Crippen molar-refractivity contribution in [2.75, 3.05) is 13.1 Å². The number of halogens is 1. The molecule has 0 saturated carbocycles. The fourth-order valence-corrected chi connectivity index (χ4v) is 3.59. The second-order valence-corrected chi connectivity index (χ2v) is 8.51. The topological polar surface area (TPSA) is 67.6 Å². The first-order valence-corrected chi connectivity index (χ1v) is 9.23. The summed E-state index contributed by atoms with van der Waals surface area (Å²) in [4.78, 5) is 18.3. The van der Waals surface area contributed by atoms with Gasteiger partial charge < -0.3 is 19.3 Å². The van der Waals surface area contributed by atoms with Crippen LogP contribution >= 0.6 is 15.9 Å². The fourth-order valence-electron chi connectivity index (χ4n) is 3.26. The van der Waals surface area contributed by atoms with E-state index in [9.17, 15) is 9.90 Å². The van der Waals surface area contributed by atoms with Crippen LogP contribution in [0.5, 0.6) is 0 Å². The van der Waals surface area contributed by atoms with Crippen LogP contribution in [0, 0.1) is 6.92 Å². The van der Waals surface area contributed by atoms with Gasteiger partial charge in [-0.15, -0.1) is 0 Å². The molecule has 1 fully saturated rings. The number of β-amino-alcohol motifs (C(OH)–C–C–N with tert-alkyl or cyclic N) is 1. The summed E-state index contributed by atoms with van der Waals surface area (Å²) in [6.07, 6.45) is 3.41. The maximum absolute atomic E-state index is 12.2. The smallest absolute Gasteiger partial charge is 0.410 e. The third-order valence-corrected chi connectivity index (χ3v) is 4.82. The average Bonchev–Trinajstić information content (AvgIpc) is 2.82. The second kappa shape index (κ2) is 6.61. The molecule has 1 saturated heterocycles. The minimum Gasteiger partial charge on any atom is -0.444 e. The second-order valence-electron chi connectivity index (χ2n) is 7.59. The first-order chi connectivity index (χ1) is 11.7. The summed E-state index contributed by atoms with van der Waals surface area (Å²) in [5, 5.41) is 11.7. The highest BCUT2D eigenvalue weighted by molar-refractivity contribution is 9.10. The number of pyridine rings is 1. The number of aliphatic hydroxyl groups excluding tert-OH is 1. The molecule has 1 aliphatic rings. The van der Waals surface area contributed by atoms with E-state index < -0.39 is 11.7 Å². The van der Waals surface area contributed by atoms with Crippen molar-refractivity contribution in [3.05, 3.63) is 28.5 Å². The van der Waals surface area contributed by atoms with Gasteiger partial charge in [0.25, 0.3) is 0 Å². The molecule has 1 unspecified atom stereocenters. The predicted octanol–water partition coefficient (Wildman–Crippen LogP) is 3.65. The van der Waals surface area contributed by atoms with Crippen LogP contribution in [0.1, 0.15) is 38.8 Å². The van der Waals surface area contributed by atoms with Crippen molar-refractivity contribution in [1.82, 2.24) is 14.5 Å². The van der Waals surface area contributed by atoms with Crippen molar-refractivity contribution in [3.63, 3.8) is 0 Å². The highest BCUT2D eigenvalue weighted by Gasteiger charge is 2.34. The summed E-state index contributed by atoms with van der Waals surface area (Å²) in [5.74, 6) is 0. The van der Waals surface area contributed by atoms with Gasteiger partial charge in [0.05, 0.1) is 18.7 Å². The van der Waals surface area contributed by atoms with Gasteiger partial charge in [0, 0.05) is 28.8 Å². The van der Waals surface area contributed by atoms with Crippen molar-refractivity contribution in [3.8, 4) is 0 Å². The van der Waals surface area contributed by atoms with Gasteiger partial charge in [0.1, 0.15) is 11.2 Å². The highest BCUT2D eigenvalue weighted by atomic mass is 79.9. The molecule has 2 atom stereocenters. The van der Waals surface area contributed by atoms with E-state index in [1.54, 1.807) is 11.1 Å². The number of rotatable bonds is 1. The molecule has 0 radical (unpaired) electrons. The molecule has 3 rings (SSSR count). The summed E-state index contributed by atoms with van der Waals surface area (Å²) < 4.78 is 8.37. The third kappa shape index (κ3) is 3.82. The largest absolute Gasteiger partial charge is 0.444 e. The Morgan fingerprint density at radius 1 is 1.44 bits per heavy atom. The Balaban J connectivity index is 1.79. The first kappa shape index (κ1) is 18.2. The molecule has 136 valence electrons. The molecule has 0 spiro atoms. The first-order valence-electron chi connectivity index (χ1n) is 8.44. The SMILES string of the molecule is Cc1cn([C@@H]2CCN(C(=O)OC(C)(C)C)CC2O)c2ncc(Br)cc12. The van der Waals surface area contributed by atoms with Gasteiger partial charge in [-0.1, -0.05) is 0 Å². The number of aryl methyl sites for hydroxylation is 1. The number of hydrogen-bond donors (Lipinski definition) is 1. The number of amides is 1. The molecule has 25 heavy (non-hydrogen) atoms. The summed E-state index contributed by atoms with van der Waals surface area (Å²) >= 11 is 3.45. The van der Waals surface area contributed by atoms with E-state index in [-0.39, 0.29) is 18.7 Å². The number of likely N-dealkylation sites (tertiary alicyclic amines) is 1. The molecule has 7 heteroatoms. The van der Waals surface area contributed by atoms with E-state index in [1.165, 1.54) is 0 Å². The van der Waals surface area contributed by atoms with Gasteiger partial charge in [0.15, 0.2) is 0 Å². The van der Waals surface area contributed by atoms with Gasteiger partial charge in [-0.3, -0.25) is 0 Å². The number of hydrogen-bond acceptors (Lipinski definition) is 4. The van der Waals surface area contributed by atoms with Crippen molar-refractivity contribution in [1.29, 1.82) is 0 Å². The molecular formula is C18H24BrN3O3. The van der Waals surface area contributed by atoms with Crippen LogP contribution < -0.4 is 0 Å². The Bertz CT molecular complexity index is 797. The van der Waals surface area contributed by atoms with Gasteiger partial charge in [-0.05, 0) is 61.7 Å². The van der Waals surface area contributed by atoms with Crippen LogP contribution in [0.2, 0.25) is 0 Å². The lowest BCUT2D eigenvalue weighted by molar-refractivity contribution is -0.00942. The lowest BCUT2D eigenvalue weighted by atomic mass is 10.0. The van der Waals surface area contributed by atoms with E-state index in [1.807, 2.05) is 44.5 Å². The number of fused-ring (bicyclic) bond motifs is 1. The maximum Gasteiger partial charge on any atom is 0.410 e. The molecule has 2 aromatic heterocycles. The Kier molecular flexibility index (Phi) is 4.81. The van der Waals surface area contributed by atoms with E-state index in [2.05, 4.69) is 20.9 Å². The fraction of sp³-hybridized carbons (Fsp3) is 0.556. The van der Waals surface area contributed by atoms with E-state index in [4.69, 9.17) is 4.74 Å². The Hall–Kier alpha value is -1.60. The summed E-state index contributed by atoms with van der Waals surface area (Å²) in [5.41, 5.74) is 1.44. The number of piperidine rings is 1. The zero-order valence-corrected chi connectivity index (χ0v) is 16.6. The zero-order valence-electron chi connectivity index (χ0n) is 15.0. The number of ether oxygens (including phenoxy) is 1. The van der Waals surface area contributed by atoms with Crippen molar-refractivity contribution in [2.24, 2.45) is 0 Å². The molecule has 2 aromatic rings. The van der Waals surface area contributed by atoms with Gasteiger partial charge in [-0.2, -0.15) is 0 Å². The van der Waals surface area contributed by atoms with Crippen LogP contribution in [-0.2, 0) is 4.74 Å². The quantitative estimate of drug-likeness (QED) is 0.780. The Morgan fingerprint density at radius 2 is 2.16 bits per heavy atom. The highest BCUT2D eigenvalue weighted by Crippen LogP contribution is 2.31. The normalized spacial score (nSPS) is 21.6. The molecule has 1 aliphatic heterocycles. The van der Waals surface area contributed by atoms with Crippen molar-refractivity contribution >= 4 is 33.1 Å². The van der Waals surface area contributed by atoms with Crippen molar-refractivity contribution in [2.45, 2.75) is 51.9 Å². The molecule has 6 nitrogen and oxygen atoms in total. The van der Waals surface area contributed by atoms with Gasteiger partial charge >= 0.3 is 6.09 Å². The molecule has 0 bridgehead atoms. The lowest BCUT2D eigenvalue weighted by Gasteiger charge is -2.37. The van der Waals surface area contributed by atoms with Gasteiger partial charge in [0.2, 0.25) is 0 Å². The number of aliphatic hydroxyl groups is 1. The van der Waals surface area contributed by atoms with E-state index in [0.717, 1.165) is 21.1 Å². The van der Waals surface area contributed by atoms with Crippen molar-refractivity contribution < 1.29 is 14.6 Å². The van der Waals surface area contributed by atoms with Crippen LogP contribution in [0.3, 0.4) is 0 Å². The third-order valence-electron chi connectivity index (χ3n) is 4.39. The van der Waals surface area contributed by atoms with Crippen LogP contribution in [0.15, 0.2) is 22.9 Å². The van der Waals surface area contributed by atoms with Crippen LogP contribution in [0.25, 0.3) is 11.0 Å². The maximum atomic E-state index is 12.2. The Labute approximate surface area is 155 Å². The van der Waals surface area contributed by atoms with E-state index >= 15 is 0 Å². The standard InChI is InChI=1S/C18H24BrN3O3/c1-11-9-22(16-13(11)7-12(19)8-20-16)14-5-6-21(10-15(14)23)17(24)25-18(2,3)4/h7-9,14-15,23H,5-6,10H2,1-4H3/t14-,15?/m1/s1. The minimum atomic E-state index is -0.665. The Morgan fingerprint density at radius 3 is 2.80 bits per heavy atom. The number of carbonyl (C=O) groups excluding carboxylic acids is 1. The summed E-state index contributed by atoms with van der Waals surface area (Å²) in [7, 11) is 0. The number of carbonyl (C=O) groups is 1. The van der Waals surface area contributed by atoms with Gasteiger partial charge in [-0.25, -0.2) is 9.78 Å². The molecule has 0 aliphatic carbocycles. The summed E-state index contributed by atoms with van der Waals surface area (Å²) in [6, 6.07) is 1.93. The molecule has 0 aromatic carbocycles. The zero-order chi connectivity index (χ0) is 18.4. The molecule has 1 amide bonds. The number of aromatic nitrogens is 2. The van der Waals surface area contributed by atoms with E-state index in [0.29, 0.717) is 13.0 Å². The summed E-state index contributed by atoms with van der Waals surface area (Å²) in [6.45, 7) is 8.36. The molecular weight excluding hydrogens is 386 g/mol.